The van der Waals surface area contributed by atoms with Crippen molar-refractivity contribution >= 4 is 11.5 Å². The van der Waals surface area contributed by atoms with Crippen molar-refractivity contribution in [1.82, 2.24) is 15.2 Å². The van der Waals surface area contributed by atoms with E-state index in [1.54, 1.807) is 24.3 Å². The van der Waals surface area contributed by atoms with E-state index in [1.807, 2.05) is 36.4 Å². The van der Waals surface area contributed by atoms with Crippen molar-refractivity contribution in [2.45, 2.75) is 26.1 Å². The molecule has 1 amide bonds. The van der Waals surface area contributed by atoms with Crippen LogP contribution in [0.1, 0.15) is 42.9 Å². The van der Waals surface area contributed by atoms with Gasteiger partial charge in [0.05, 0.1) is 17.3 Å². The molecule has 0 radical (unpaired) electrons. The Morgan fingerprint density at radius 3 is 2.62 bits per heavy atom. The van der Waals surface area contributed by atoms with E-state index in [2.05, 4.69) is 24.1 Å². The molecule has 126 valence electrons. The maximum atomic E-state index is 12.9. The fraction of sp³-hybridized carbons (Fsp3) is 0.316. The molecular weight excluding hydrogens is 302 g/mol. The van der Waals surface area contributed by atoms with Crippen LogP contribution in [0.4, 0.5) is 0 Å². The van der Waals surface area contributed by atoms with Gasteiger partial charge in [0.25, 0.3) is 5.91 Å². The van der Waals surface area contributed by atoms with E-state index in [4.69, 9.17) is 0 Å². The highest BCUT2D eigenvalue weighted by Gasteiger charge is 2.29. The zero-order chi connectivity index (χ0) is 17.3. The quantitative estimate of drug-likeness (QED) is 0.810. The second kappa shape index (κ2) is 6.53. The predicted octanol–water partition coefficient (Wildman–Crippen LogP) is 2.81. The summed E-state index contributed by atoms with van der Waals surface area (Å²) in [5.74, 6) is 0.117. The zero-order valence-corrected chi connectivity index (χ0v) is 14.2. The highest BCUT2D eigenvalue weighted by atomic mass is 16.3. The largest absolute Gasteiger partial charge is 0.368 e. The number of benzene rings is 1. The molecule has 24 heavy (non-hydrogen) atoms. The van der Waals surface area contributed by atoms with Gasteiger partial charge in [-0.05, 0) is 17.5 Å². The summed E-state index contributed by atoms with van der Waals surface area (Å²) in [6, 6.07) is 11.7. The van der Waals surface area contributed by atoms with Crippen LogP contribution in [0.5, 0.6) is 0 Å². The molecule has 2 heterocycles. The summed E-state index contributed by atoms with van der Waals surface area (Å²) in [5, 5.41) is 13.3. The number of nitrogens with one attached hydrogen (secondary N) is 2. The number of aliphatic hydroxyl groups is 1. The predicted molar refractivity (Wildman–Crippen MR) is 93.7 cm³/mol. The van der Waals surface area contributed by atoms with Crippen molar-refractivity contribution in [3.05, 3.63) is 65.6 Å². The van der Waals surface area contributed by atoms with E-state index in [1.165, 1.54) is 0 Å². The van der Waals surface area contributed by atoms with Crippen LogP contribution in [0, 0.1) is 5.92 Å². The van der Waals surface area contributed by atoms with Gasteiger partial charge >= 0.3 is 0 Å². The average molecular weight is 325 g/mol. The Bertz CT molecular complexity index is 749. The van der Waals surface area contributed by atoms with Crippen molar-refractivity contribution in [2.24, 2.45) is 5.92 Å². The second-order valence-corrected chi connectivity index (χ2v) is 6.49. The molecule has 2 unspecified atom stereocenters. The minimum Gasteiger partial charge on any atom is -0.368 e. The van der Waals surface area contributed by atoms with Crippen LogP contribution >= 0.6 is 0 Å². The third kappa shape index (κ3) is 2.95. The monoisotopic (exact) mass is 325 g/mol. The number of hydrogen-bond acceptors (Lipinski definition) is 3. The van der Waals surface area contributed by atoms with Gasteiger partial charge in [-0.25, -0.2) is 0 Å². The van der Waals surface area contributed by atoms with Crippen LogP contribution in [0.25, 0.3) is 5.57 Å². The van der Waals surface area contributed by atoms with Gasteiger partial charge in [0, 0.05) is 25.0 Å². The van der Waals surface area contributed by atoms with Crippen LogP contribution in [0.2, 0.25) is 0 Å². The van der Waals surface area contributed by atoms with Gasteiger partial charge in [0.2, 0.25) is 0 Å². The number of H-pyrrole nitrogens is 1. The third-order valence-electron chi connectivity index (χ3n) is 4.40. The molecule has 5 heteroatoms. The molecule has 1 aromatic carbocycles. The van der Waals surface area contributed by atoms with Crippen molar-refractivity contribution in [2.75, 3.05) is 7.05 Å². The fourth-order valence-electron chi connectivity index (χ4n) is 3.07. The number of amides is 1. The summed E-state index contributed by atoms with van der Waals surface area (Å²) in [7, 11) is 1.75. The Kier molecular flexibility index (Phi) is 4.44. The van der Waals surface area contributed by atoms with Gasteiger partial charge in [-0.15, -0.1) is 0 Å². The minimum absolute atomic E-state index is 0.0702. The summed E-state index contributed by atoms with van der Waals surface area (Å²) >= 11 is 0. The van der Waals surface area contributed by atoms with E-state index in [9.17, 15) is 9.90 Å². The molecule has 3 N–H and O–H groups in total. The minimum atomic E-state index is -0.762. The van der Waals surface area contributed by atoms with Gasteiger partial charge in [0.15, 0.2) is 6.23 Å². The molecule has 1 aromatic heterocycles. The Balaban J connectivity index is 1.88. The van der Waals surface area contributed by atoms with Crippen molar-refractivity contribution < 1.29 is 9.90 Å². The van der Waals surface area contributed by atoms with Gasteiger partial charge in [0.1, 0.15) is 0 Å². The van der Waals surface area contributed by atoms with Crippen molar-refractivity contribution in [3.63, 3.8) is 0 Å². The number of aromatic nitrogens is 1. The number of hydrogen-bond donors (Lipinski definition) is 3. The van der Waals surface area contributed by atoms with Crippen LogP contribution in [0.3, 0.4) is 0 Å². The summed E-state index contributed by atoms with van der Waals surface area (Å²) in [6.07, 6.45) is 2.67. The van der Waals surface area contributed by atoms with Gasteiger partial charge in [-0.2, -0.15) is 0 Å². The molecule has 1 aliphatic heterocycles. The number of carbonyl (C=O) groups is 1. The third-order valence-corrected chi connectivity index (χ3v) is 4.40. The number of fused-ring (bicyclic) bond motifs is 1. The first-order valence-electron chi connectivity index (χ1n) is 8.14. The molecule has 0 spiro atoms. The normalized spacial score (nSPS) is 18.1. The van der Waals surface area contributed by atoms with Crippen molar-refractivity contribution in [1.29, 1.82) is 0 Å². The Hall–Kier alpha value is -2.53. The summed E-state index contributed by atoms with van der Waals surface area (Å²) in [4.78, 5) is 17.5. The first-order chi connectivity index (χ1) is 11.5. The molecule has 0 aliphatic carbocycles. The SMILES string of the molecule is CC(C)C(NC(=O)C1=CN(C)C(O)c2[nH]ccc21)c1ccccc1. The lowest BCUT2D eigenvalue weighted by molar-refractivity contribution is -0.116. The van der Waals surface area contributed by atoms with Gasteiger partial charge in [-0.1, -0.05) is 44.2 Å². The lowest BCUT2D eigenvalue weighted by Gasteiger charge is -2.29. The van der Waals surface area contributed by atoms with E-state index < -0.39 is 6.23 Å². The van der Waals surface area contributed by atoms with E-state index in [0.29, 0.717) is 11.3 Å². The lowest BCUT2D eigenvalue weighted by Crippen LogP contribution is -2.35. The Morgan fingerprint density at radius 1 is 1.25 bits per heavy atom. The highest BCUT2D eigenvalue weighted by Crippen LogP contribution is 2.32. The zero-order valence-electron chi connectivity index (χ0n) is 14.2. The van der Waals surface area contributed by atoms with Crippen LogP contribution in [0.15, 0.2) is 48.8 Å². The van der Waals surface area contributed by atoms with Crippen LogP contribution < -0.4 is 5.32 Å². The van der Waals surface area contributed by atoms with E-state index in [-0.39, 0.29) is 17.9 Å². The molecule has 3 rings (SSSR count). The standard InChI is InChI=1S/C19H23N3O2/c1-12(2)16(13-7-5-4-6-8-13)21-18(23)15-11-22(3)19(24)17-14(15)9-10-20-17/h4-12,16,19-20,24H,1-3H3,(H,21,23). The number of rotatable bonds is 4. The smallest absolute Gasteiger partial charge is 0.253 e. The van der Waals surface area contributed by atoms with Crippen LogP contribution in [-0.2, 0) is 4.79 Å². The van der Waals surface area contributed by atoms with Gasteiger partial charge < -0.3 is 20.3 Å². The van der Waals surface area contributed by atoms with E-state index in [0.717, 1.165) is 11.1 Å². The molecule has 0 fully saturated rings. The lowest BCUT2D eigenvalue weighted by atomic mass is 9.94. The molecule has 0 bridgehead atoms. The number of nitrogens with zero attached hydrogens (tertiary/aromatic N) is 1. The maximum Gasteiger partial charge on any atom is 0.253 e. The topological polar surface area (TPSA) is 68.4 Å². The number of carbonyl (C=O) groups excluding carboxylic acids is 1. The second-order valence-electron chi connectivity index (χ2n) is 6.49. The molecule has 0 saturated heterocycles. The average Bonchev–Trinajstić information content (AvgIpc) is 3.06. The maximum absolute atomic E-state index is 12.9. The Labute approximate surface area is 142 Å². The summed E-state index contributed by atoms with van der Waals surface area (Å²) in [6.45, 7) is 4.18. The van der Waals surface area contributed by atoms with Crippen LogP contribution in [-0.4, -0.2) is 27.9 Å². The summed E-state index contributed by atoms with van der Waals surface area (Å²) < 4.78 is 0. The van der Waals surface area contributed by atoms with Crippen molar-refractivity contribution in [3.8, 4) is 0 Å². The highest BCUT2D eigenvalue weighted by molar-refractivity contribution is 6.20. The molecular formula is C19H23N3O2. The first-order valence-corrected chi connectivity index (χ1v) is 8.14. The molecule has 2 aromatic rings. The number of aromatic amines is 1. The Morgan fingerprint density at radius 2 is 1.96 bits per heavy atom. The molecule has 2 atom stereocenters. The molecule has 5 nitrogen and oxygen atoms in total. The molecule has 0 saturated carbocycles. The van der Waals surface area contributed by atoms with Gasteiger partial charge in [-0.3, -0.25) is 4.79 Å². The summed E-state index contributed by atoms with van der Waals surface area (Å²) in [5.41, 5.74) is 3.03. The first kappa shape index (κ1) is 16.3. The fourth-order valence-corrected chi connectivity index (χ4v) is 3.07. The van der Waals surface area contributed by atoms with E-state index >= 15 is 0 Å². The number of aliphatic hydroxyl groups excluding tert-OH is 1. The molecule has 1 aliphatic rings.